The molecule has 0 aliphatic carbocycles. The van der Waals surface area contributed by atoms with Gasteiger partial charge in [0.2, 0.25) is 5.91 Å². The molecule has 0 saturated heterocycles. The number of hydrogen-bond donors (Lipinski definition) is 0. The van der Waals surface area contributed by atoms with Crippen LogP contribution in [0.4, 0.5) is 0 Å². The molecule has 28 heavy (non-hydrogen) atoms. The first-order valence-corrected chi connectivity index (χ1v) is 9.94. The predicted molar refractivity (Wildman–Crippen MR) is 108 cm³/mol. The quantitative estimate of drug-likeness (QED) is 0.741. The minimum atomic E-state index is -0.162. The number of hydrogen-bond acceptors (Lipinski definition) is 4. The van der Waals surface area contributed by atoms with Gasteiger partial charge in [-0.15, -0.1) is 0 Å². The summed E-state index contributed by atoms with van der Waals surface area (Å²) in [5, 5.41) is 0. The fraction of sp³-hybridized carbons (Fsp3) is 0.455. The number of nitrogens with zero attached hydrogens (tertiary/aromatic N) is 4. The third-order valence-corrected chi connectivity index (χ3v) is 5.12. The van der Waals surface area contributed by atoms with Crippen molar-refractivity contribution in [2.24, 2.45) is 5.92 Å². The van der Waals surface area contributed by atoms with Crippen LogP contribution < -0.4 is 0 Å². The van der Waals surface area contributed by atoms with E-state index in [1.54, 1.807) is 11.1 Å². The van der Waals surface area contributed by atoms with Crippen molar-refractivity contribution in [3.8, 4) is 0 Å². The Morgan fingerprint density at radius 1 is 1.14 bits per heavy atom. The maximum absolute atomic E-state index is 12.8. The molecule has 0 spiro atoms. The Morgan fingerprint density at radius 3 is 2.64 bits per heavy atom. The minimum absolute atomic E-state index is 0.0935. The van der Waals surface area contributed by atoms with E-state index in [1.807, 2.05) is 17.0 Å². The van der Waals surface area contributed by atoms with Crippen LogP contribution in [0.1, 0.15) is 48.3 Å². The van der Waals surface area contributed by atoms with Gasteiger partial charge in [0.1, 0.15) is 5.69 Å². The molecule has 148 valence electrons. The van der Waals surface area contributed by atoms with Crippen molar-refractivity contribution in [2.75, 3.05) is 19.6 Å². The number of amides is 2. The van der Waals surface area contributed by atoms with Gasteiger partial charge in [-0.3, -0.25) is 14.6 Å². The Kier molecular flexibility index (Phi) is 6.74. The normalized spacial score (nSPS) is 13.3. The largest absolute Gasteiger partial charge is 0.338 e. The summed E-state index contributed by atoms with van der Waals surface area (Å²) in [7, 11) is 0. The van der Waals surface area contributed by atoms with Crippen LogP contribution in [0.25, 0.3) is 0 Å². The first-order valence-electron chi connectivity index (χ1n) is 9.94. The molecule has 0 fully saturated rings. The van der Waals surface area contributed by atoms with Crippen LogP contribution in [0.3, 0.4) is 0 Å². The van der Waals surface area contributed by atoms with Crippen LogP contribution in [0, 0.1) is 5.92 Å². The highest BCUT2D eigenvalue weighted by Crippen LogP contribution is 2.19. The molecule has 1 aliphatic rings. The van der Waals surface area contributed by atoms with Crippen molar-refractivity contribution in [1.29, 1.82) is 0 Å². The van der Waals surface area contributed by atoms with Gasteiger partial charge in [-0.05, 0) is 29.9 Å². The first-order chi connectivity index (χ1) is 13.5. The standard InChI is InChI=1S/C22H28N4O2/c1-17(2)7-12-25(22(28)20-15-23-10-11-24-20)14-9-21(27)26-13-8-18-5-3-4-6-19(18)16-26/h3-6,10-11,15,17H,7-9,12-14,16H2,1-2H3. The summed E-state index contributed by atoms with van der Waals surface area (Å²) in [4.78, 5) is 37.3. The number of rotatable bonds is 7. The number of fused-ring (bicyclic) bond motifs is 1. The zero-order valence-electron chi connectivity index (χ0n) is 16.7. The molecule has 0 radical (unpaired) electrons. The number of benzene rings is 1. The fourth-order valence-corrected chi connectivity index (χ4v) is 3.40. The van der Waals surface area contributed by atoms with Gasteiger partial charge >= 0.3 is 0 Å². The molecule has 2 aromatic rings. The molecular formula is C22H28N4O2. The van der Waals surface area contributed by atoms with Gasteiger partial charge < -0.3 is 9.80 Å². The van der Waals surface area contributed by atoms with Crippen LogP contribution >= 0.6 is 0 Å². The highest BCUT2D eigenvalue weighted by Gasteiger charge is 2.23. The summed E-state index contributed by atoms with van der Waals surface area (Å²) >= 11 is 0. The molecule has 3 rings (SSSR count). The lowest BCUT2D eigenvalue weighted by Crippen LogP contribution is -2.40. The van der Waals surface area contributed by atoms with Crippen LogP contribution in [0.2, 0.25) is 0 Å². The lowest BCUT2D eigenvalue weighted by atomic mass is 10.00. The van der Waals surface area contributed by atoms with Crippen LogP contribution in [-0.2, 0) is 17.8 Å². The zero-order chi connectivity index (χ0) is 19.9. The van der Waals surface area contributed by atoms with E-state index in [0.29, 0.717) is 37.7 Å². The van der Waals surface area contributed by atoms with Crippen molar-refractivity contribution in [3.05, 3.63) is 59.7 Å². The van der Waals surface area contributed by atoms with Gasteiger partial charge in [0.25, 0.3) is 5.91 Å². The van der Waals surface area contributed by atoms with Crippen LogP contribution in [0.5, 0.6) is 0 Å². The van der Waals surface area contributed by atoms with Crippen molar-refractivity contribution in [3.63, 3.8) is 0 Å². The second kappa shape index (κ2) is 9.44. The number of carbonyl (C=O) groups is 2. The predicted octanol–water partition coefficient (Wildman–Crippen LogP) is 2.94. The molecule has 6 heteroatoms. The third-order valence-electron chi connectivity index (χ3n) is 5.12. The smallest absolute Gasteiger partial charge is 0.274 e. The molecule has 0 N–H and O–H groups in total. The van der Waals surface area contributed by atoms with Crippen molar-refractivity contribution in [2.45, 2.75) is 39.7 Å². The number of aromatic nitrogens is 2. The summed E-state index contributed by atoms with van der Waals surface area (Å²) in [6.07, 6.45) is 6.65. The van der Waals surface area contributed by atoms with Gasteiger partial charge in [-0.1, -0.05) is 38.1 Å². The van der Waals surface area contributed by atoms with Crippen molar-refractivity contribution >= 4 is 11.8 Å². The molecule has 1 aromatic heterocycles. The lowest BCUT2D eigenvalue weighted by Gasteiger charge is -2.30. The Balaban J connectivity index is 1.61. The fourth-order valence-electron chi connectivity index (χ4n) is 3.40. The SMILES string of the molecule is CC(C)CCN(CCC(=O)N1CCc2ccccc2C1)C(=O)c1cnccn1. The molecule has 2 heterocycles. The molecule has 0 unspecified atom stereocenters. The van der Waals surface area contributed by atoms with E-state index in [1.165, 1.54) is 23.5 Å². The van der Waals surface area contributed by atoms with E-state index >= 15 is 0 Å². The molecule has 0 bridgehead atoms. The monoisotopic (exact) mass is 380 g/mol. The first kappa shape index (κ1) is 20.0. The third kappa shape index (κ3) is 5.15. The summed E-state index contributed by atoms with van der Waals surface area (Å²) in [6.45, 7) is 6.66. The van der Waals surface area contributed by atoms with E-state index < -0.39 is 0 Å². The van der Waals surface area contributed by atoms with E-state index in [0.717, 1.165) is 19.4 Å². The summed E-state index contributed by atoms with van der Waals surface area (Å²) in [5.41, 5.74) is 2.86. The van der Waals surface area contributed by atoms with Gasteiger partial charge in [0.05, 0.1) is 6.20 Å². The Morgan fingerprint density at radius 2 is 1.93 bits per heavy atom. The Hall–Kier alpha value is -2.76. The van der Waals surface area contributed by atoms with E-state index in [9.17, 15) is 9.59 Å². The van der Waals surface area contributed by atoms with E-state index in [2.05, 4.69) is 35.9 Å². The lowest BCUT2D eigenvalue weighted by molar-refractivity contribution is -0.132. The van der Waals surface area contributed by atoms with Crippen LogP contribution in [0.15, 0.2) is 42.9 Å². The molecule has 0 saturated carbocycles. The van der Waals surface area contributed by atoms with Gasteiger partial charge in [0.15, 0.2) is 0 Å². The average Bonchev–Trinajstić information content (AvgIpc) is 2.73. The maximum atomic E-state index is 12.8. The molecule has 1 aromatic carbocycles. The zero-order valence-corrected chi connectivity index (χ0v) is 16.7. The second-order valence-electron chi connectivity index (χ2n) is 7.65. The number of carbonyl (C=O) groups excluding carboxylic acids is 2. The molecule has 0 atom stereocenters. The maximum Gasteiger partial charge on any atom is 0.274 e. The Bertz CT molecular complexity index is 807. The van der Waals surface area contributed by atoms with Crippen molar-refractivity contribution in [1.82, 2.24) is 19.8 Å². The van der Waals surface area contributed by atoms with Crippen molar-refractivity contribution < 1.29 is 9.59 Å². The highest BCUT2D eigenvalue weighted by molar-refractivity contribution is 5.92. The van der Waals surface area contributed by atoms with E-state index in [4.69, 9.17) is 0 Å². The second-order valence-corrected chi connectivity index (χ2v) is 7.65. The van der Waals surface area contributed by atoms with Gasteiger partial charge in [0, 0.05) is 45.0 Å². The average molecular weight is 380 g/mol. The highest BCUT2D eigenvalue weighted by atomic mass is 16.2. The topological polar surface area (TPSA) is 66.4 Å². The summed E-state index contributed by atoms with van der Waals surface area (Å²) in [5.74, 6) is 0.410. The minimum Gasteiger partial charge on any atom is -0.338 e. The van der Waals surface area contributed by atoms with Crippen LogP contribution in [-0.4, -0.2) is 51.2 Å². The van der Waals surface area contributed by atoms with Gasteiger partial charge in [-0.2, -0.15) is 0 Å². The molecule has 2 amide bonds. The molecular weight excluding hydrogens is 352 g/mol. The molecule has 6 nitrogen and oxygen atoms in total. The van der Waals surface area contributed by atoms with Gasteiger partial charge in [-0.25, -0.2) is 4.98 Å². The molecule has 1 aliphatic heterocycles. The Labute approximate surface area is 166 Å². The van der Waals surface area contributed by atoms with E-state index in [-0.39, 0.29) is 11.8 Å². The summed E-state index contributed by atoms with van der Waals surface area (Å²) < 4.78 is 0. The summed E-state index contributed by atoms with van der Waals surface area (Å²) in [6, 6.07) is 8.27.